The van der Waals surface area contributed by atoms with Crippen LogP contribution in [-0.2, 0) is 11.2 Å². The number of methoxy groups -OCH3 is 1. The Morgan fingerprint density at radius 2 is 1.70 bits per heavy atom. The van der Waals surface area contributed by atoms with Gasteiger partial charge in [-0.1, -0.05) is 60.2 Å². The molecule has 5 aromatic rings. The van der Waals surface area contributed by atoms with Crippen molar-refractivity contribution < 1.29 is 13.9 Å². The summed E-state index contributed by atoms with van der Waals surface area (Å²) in [6.45, 7) is 4.00. The van der Waals surface area contributed by atoms with Gasteiger partial charge in [0.05, 0.1) is 13.4 Å². The molecule has 0 spiro atoms. The second-order valence-corrected chi connectivity index (χ2v) is 9.59. The number of benzene rings is 4. The van der Waals surface area contributed by atoms with Crippen molar-refractivity contribution in [2.24, 2.45) is 0 Å². The molecule has 1 aromatic heterocycles. The van der Waals surface area contributed by atoms with Crippen molar-refractivity contribution in [3.05, 3.63) is 113 Å². The number of rotatable bonds is 5. The minimum atomic E-state index is -0.180. The first-order valence-electron chi connectivity index (χ1n) is 12.4. The van der Waals surface area contributed by atoms with E-state index in [4.69, 9.17) is 9.15 Å². The maximum atomic E-state index is 13.0. The first-order chi connectivity index (χ1) is 18.0. The summed E-state index contributed by atoms with van der Waals surface area (Å²) in [5.41, 5.74) is 11.6. The van der Waals surface area contributed by atoms with Crippen LogP contribution in [-0.4, -0.2) is 13.0 Å². The summed E-state index contributed by atoms with van der Waals surface area (Å²) in [7, 11) is 1.63. The van der Waals surface area contributed by atoms with Crippen molar-refractivity contribution in [2.45, 2.75) is 20.3 Å². The van der Waals surface area contributed by atoms with E-state index >= 15 is 0 Å². The smallest absolute Gasteiger partial charge is 0.248 e. The minimum Gasteiger partial charge on any atom is -0.496 e. The molecule has 1 amide bonds. The summed E-state index contributed by atoms with van der Waals surface area (Å²) >= 11 is 0. The van der Waals surface area contributed by atoms with E-state index in [1.165, 1.54) is 27.8 Å². The summed E-state index contributed by atoms with van der Waals surface area (Å²) in [5.74, 6) is 0.482. The summed E-state index contributed by atoms with van der Waals surface area (Å²) in [6.07, 6.45) is 4.28. The van der Waals surface area contributed by atoms with Crippen LogP contribution in [0.4, 0.5) is 5.69 Å². The number of allylic oxidation sites excluding steroid dienone is 1. The molecule has 0 bridgehead atoms. The molecule has 1 heterocycles. The summed E-state index contributed by atoms with van der Waals surface area (Å²) in [4.78, 5) is 13.0. The molecule has 0 radical (unpaired) electrons. The molecule has 0 fully saturated rings. The number of aryl methyl sites for hydroxylation is 1. The van der Waals surface area contributed by atoms with Crippen molar-refractivity contribution in [3.8, 4) is 28.0 Å². The van der Waals surface area contributed by atoms with Gasteiger partial charge in [-0.3, -0.25) is 4.79 Å². The number of hydrogen-bond donors (Lipinski definition) is 1. The maximum absolute atomic E-state index is 13.0. The number of carbonyl (C=O) groups is 1. The predicted molar refractivity (Wildman–Crippen MR) is 150 cm³/mol. The monoisotopic (exact) mass is 485 g/mol. The molecule has 37 heavy (non-hydrogen) atoms. The zero-order valence-corrected chi connectivity index (χ0v) is 21.1. The van der Waals surface area contributed by atoms with E-state index in [0.717, 1.165) is 45.3 Å². The normalized spacial score (nSPS) is 12.4. The number of hydrogen-bond acceptors (Lipinski definition) is 3. The Morgan fingerprint density at radius 1 is 0.919 bits per heavy atom. The number of furan rings is 1. The van der Waals surface area contributed by atoms with Crippen LogP contribution in [0.15, 0.2) is 95.6 Å². The molecule has 182 valence electrons. The topological polar surface area (TPSA) is 51.5 Å². The third kappa shape index (κ3) is 4.21. The van der Waals surface area contributed by atoms with Crippen LogP contribution >= 0.6 is 0 Å². The van der Waals surface area contributed by atoms with Crippen molar-refractivity contribution in [1.29, 1.82) is 0 Å². The van der Waals surface area contributed by atoms with Crippen molar-refractivity contribution in [1.82, 2.24) is 0 Å². The third-order valence-electron chi connectivity index (χ3n) is 7.09. The molecule has 4 heteroatoms. The van der Waals surface area contributed by atoms with Crippen LogP contribution in [0.2, 0.25) is 0 Å². The van der Waals surface area contributed by atoms with E-state index in [2.05, 4.69) is 72.9 Å². The second-order valence-electron chi connectivity index (χ2n) is 9.59. The molecule has 0 aliphatic heterocycles. The maximum Gasteiger partial charge on any atom is 0.248 e. The molecule has 0 saturated heterocycles. The van der Waals surface area contributed by atoms with Crippen LogP contribution < -0.4 is 10.1 Å². The third-order valence-corrected chi connectivity index (χ3v) is 7.09. The van der Waals surface area contributed by atoms with Crippen molar-refractivity contribution >= 4 is 28.1 Å². The van der Waals surface area contributed by atoms with Gasteiger partial charge < -0.3 is 14.5 Å². The van der Waals surface area contributed by atoms with Gasteiger partial charge in [-0.25, -0.2) is 0 Å². The molecule has 1 aliphatic rings. The Kier molecular flexibility index (Phi) is 5.65. The lowest BCUT2D eigenvalue weighted by Crippen LogP contribution is -2.09. The average Bonchev–Trinajstić information content (AvgIpc) is 3.48. The van der Waals surface area contributed by atoms with Crippen LogP contribution in [0, 0.1) is 6.92 Å². The van der Waals surface area contributed by atoms with E-state index in [1.807, 2.05) is 25.1 Å². The molecule has 0 atom stereocenters. The fourth-order valence-electron chi connectivity index (χ4n) is 5.16. The summed E-state index contributed by atoms with van der Waals surface area (Å²) in [6, 6.07) is 26.9. The highest BCUT2D eigenvalue weighted by Crippen LogP contribution is 2.39. The zero-order chi connectivity index (χ0) is 25.5. The first kappa shape index (κ1) is 22.9. The van der Waals surface area contributed by atoms with Crippen molar-refractivity contribution in [2.75, 3.05) is 12.4 Å². The lowest BCUT2D eigenvalue weighted by Gasteiger charge is -2.11. The molecule has 6 rings (SSSR count). The SMILES string of the molecule is COc1cc2occ(-c3ccc(C)cc3)c2cc1/C(C)=C/C(=O)Nc1ccc2c(c1)Cc1ccccc1-2. The molecular formula is C33H27NO3. The largest absolute Gasteiger partial charge is 0.496 e. The van der Waals surface area contributed by atoms with E-state index < -0.39 is 0 Å². The van der Waals surface area contributed by atoms with Gasteiger partial charge in [0.15, 0.2) is 0 Å². The Labute approximate surface area is 216 Å². The Hall–Kier alpha value is -4.57. The van der Waals surface area contributed by atoms with E-state index in [0.29, 0.717) is 5.75 Å². The van der Waals surface area contributed by atoms with Gasteiger partial charge >= 0.3 is 0 Å². The average molecular weight is 486 g/mol. The van der Waals surface area contributed by atoms with Gasteiger partial charge in [0.1, 0.15) is 11.3 Å². The van der Waals surface area contributed by atoms with Crippen LogP contribution in [0.5, 0.6) is 5.75 Å². The van der Waals surface area contributed by atoms with Crippen LogP contribution in [0.3, 0.4) is 0 Å². The van der Waals surface area contributed by atoms with E-state index in [-0.39, 0.29) is 5.91 Å². The lowest BCUT2D eigenvalue weighted by molar-refractivity contribution is -0.111. The highest BCUT2D eigenvalue weighted by Gasteiger charge is 2.19. The van der Waals surface area contributed by atoms with E-state index in [9.17, 15) is 4.79 Å². The predicted octanol–water partition coefficient (Wildman–Crippen LogP) is 8.03. The molecule has 0 unspecified atom stereocenters. The fourth-order valence-corrected chi connectivity index (χ4v) is 5.16. The number of nitrogens with one attached hydrogen (secondary N) is 1. The number of anilines is 1. The molecular weight excluding hydrogens is 458 g/mol. The Bertz CT molecular complexity index is 1690. The van der Waals surface area contributed by atoms with Gasteiger partial charge in [-0.15, -0.1) is 0 Å². The quantitative estimate of drug-likeness (QED) is 0.252. The molecule has 1 N–H and O–H groups in total. The standard InChI is InChI=1S/C33H27NO3/c1-20-8-10-22(11-9-20)30-19-37-32-18-31(36-3)28(17-29(30)32)21(2)14-33(35)34-25-12-13-27-24(16-25)15-23-6-4-5-7-26(23)27/h4-14,16-19H,15H2,1-3H3,(H,34,35)/b21-14+. The van der Waals surface area contributed by atoms with Crippen molar-refractivity contribution in [3.63, 3.8) is 0 Å². The lowest BCUT2D eigenvalue weighted by atomic mass is 9.99. The van der Waals surface area contributed by atoms with Gasteiger partial charge in [0.2, 0.25) is 5.91 Å². The number of fused-ring (bicyclic) bond motifs is 4. The first-order valence-corrected chi connectivity index (χ1v) is 12.4. The Morgan fingerprint density at radius 3 is 2.51 bits per heavy atom. The number of ether oxygens (including phenoxy) is 1. The van der Waals surface area contributed by atoms with Gasteiger partial charge in [-0.2, -0.15) is 0 Å². The van der Waals surface area contributed by atoms with Crippen LogP contribution in [0.25, 0.3) is 38.8 Å². The fraction of sp³-hybridized carbons (Fsp3) is 0.121. The zero-order valence-electron chi connectivity index (χ0n) is 21.1. The molecule has 1 aliphatic carbocycles. The molecule has 0 saturated carbocycles. The molecule has 4 aromatic carbocycles. The van der Waals surface area contributed by atoms with E-state index in [1.54, 1.807) is 19.4 Å². The minimum absolute atomic E-state index is 0.180. The Balaban J connectivity index is 1.28. The van der Waals surface area contributed by atoms with Gasteiger partial charge in [-0.05, 0) is 71.9 Å². The van der Waals surface area contributed by atoms with Gasteiger partial charge in [0.25, 0.3) is 0 Å². The number of carbonyl (C=O) groups excluding carboxylic acids is 1. The van der Waals surface area contributed by atoms with Gasteiger partial charge in [0, 0.05) is 34.3 Å². The molecule has 4 nitrogen and oxygen atoms in total. The second kappa shape index (κ2) is 9.14. The van der Waals surface area contributed by atoms with Crippen LogP contribution in [0.1, 0.15) is 29.2 Å². The number of amides is 1. The highest BCUT2D eigenvalue weighted by molar-refractivity contribution is 6.05. The summed E-state index contributed by atoms with van der Waals surface area (Å²) in [5, 5.41) is 4.01. The summed E-state index contributed by atoms with van der Waals surface area (Å²) < 4.78 is 11.5. The highest BCUT2D eigenvalue weighted by atomic mass is 16.5.